The van der Waals surface area contributed by atoms with E-state index in [9.17, 15) is 19.7 Å². The summed E-state index contributed by atoms with van der Waals surface area (Å²) >= 11 is 1.00. The number of hydrazone groups is 1. The molecule has 9 nitrogen and oxygen atoms in total. The minimum atomic E-state index is -0.672. The molecule has 106 valence electrons. The molecule has 1 fully saturated rings. The van der Waals surface area contributed by atoms with E-state index in [4.69, 9.17) is 9.15 Å². The molecule has 1 atom stereocenters. The average molecular weight is 299 g/mol. The smallest absolute Gasteiger partial charge is 0.433 e. The zero-order valence-electron chi connectivity index (χ0n) is 10.0. The number of carbonyl (C=O) groups excluding carboxylic acids is 2. The first-order valence-corrected chi connectivity index (χ1v) is 6.46. The summed E-state index contributed by atoms with van der Waals surface area (Å²) in [7, 11) is 0. The third-order valence-corrected chi connectivity index (χ3v) is 3.02. The number of nitro groups is 1. The number of nitrogens with zero attached hydrogens (tertiary/aromatic N) is 3. The van der Waals surface area contributed by atoms with Crippen molar-refractivity contribution in [1.82, 2.24) is 5.01 Å². The Labute approximate surface area is 116 Å². The summed E-state index contributed by atoms with van der Waals surface area (Å²) in [4.78, 5) is 31.4. The number of carbonyl (C=O) groups is 2. The first-order valence-electron chi connectivity index (χ1n) is 5.41. The minimum Gasteiger partial charge on any atom is -0.442 e. The number of cyclic esters (lactones) is 1. The van der Waals surface area contributed by atoms with Crippen LogP contribution in [0.1, 0.15) is 5.76 Å². The molecule has 0 N–H and O–H groups in total. The summed E-state index contributed by atoms with van der Waals surface area (Å²) in [5, 5.41) is 15.3. The van der Waals surface area contributed by atoms with Crippen LogP contribution in [0.3, 0.4) is 0 Å². The van der Waals surface area contributed by atoms with Crippen molar-refractivity contribution in [3.05, 3.63) is 28.0 Å². The Morgan fingerprint density at radius 1 is 1.60 bits per heavy atom. The maximum Gasteiger partial charge on any atom is 0.433 e. The largest absolute Gasteiger partial charge is 0.442 e. The van der Waals surface area contributed by atoms with Crippen LogP contribution in [-0.4, -0.2) is 46.3 Å². The van der Waals surface area contributed by atoms with Gasteiger partial charge in [0.2, 0.25) is 0 Å². The molecule has 20 heavy (non-hydrogen) atoms. The van der Waals surface area contributed by atoms with E-state index in [2.05, 4.69) is 5.10 Å². The number of hydrogen-bond donors (Lipinski definition) is 0. The van der Waals surface area contributed by atoms with Gasteiger partial charge in [0, 0.05) is 5.75 Å². The molecular formula is C10H9N3O6S. The monoisotopic (exact) mass is 299 g/mol. The summed E-state index contributed by atoms with van der Waals surface area (Å²) < 4.78 is 9.82. The van der Waals surface area contributed by atoms with Crippen LogP contribution in [0.15, 0.2) is 21.7 Å². The van der Waals surface area contributed by atoms with E-state index in [0.717, 1.165) is 16.8 Å². The van der Waals surface area contributed by atoms with E-state index in [0.29, 0.717) is 11.4 Å². The first kappa shape index (κ1) is 14.1. The van der Waals surface area contributed by atoms with Gasteiger partial charge in [-0.1, -0.05) is 11.8 Å². The van der Waals surface area contributed by atoms with Gasteiger partial charge in [0.25, 0.3) is 0 Å². The summed E-state index contributed by atoms with van der Waals surface area (Å²) in [6, 6.07) is 2.55. The van der Waals surface area contributed by atoms with E-state index in [1.165, 1.54) is 18.3 Å². The highest BCUT2D eigenvalue weighted by molar-refractivity contribution is 8.11. The van der Waals surface area contributed by atoms with Gasteiger partial charge in [-0.15, -0.1) is 0 Å². The SMILES string of the molecule is O=CSCC1CN(N=Cc2ccc([N+](=O)[O-])o2)C(=O)O1. The van der Waals surface area contributed by atoms with Crippen molar-refractivity contribution in [2.24, 2.45) is 5.10 Å². The fourth-order valence-electron chi connectivity index (χ4n) is 1.47. The number of ether oxygens (including phenoxy) is 1. The van der Waals surface area contributed by atoms with Gasteiger partial charge in [0.05, 0.1) is 18.8 Å². The van der Waals surface area contributed by atoms with E-state index >= 15 is 0 Å². The van der Waals surface area contributed by atoms with E-state index in [-0.39, 0.29) is 12.3 Å². The molecule has 0 aliphatic carbocycles. The normalized spacial score (nSPS) is 18.5. The average Bonchev–Trinajstić information content (AvgIpc) is 3.01. The van der Waals surface area contributed by atoms with Crippen LogP contribution in [0.5, 0.6) is 0 Å². The zero-order valence-corrected chi connectivity index (χ0v) is 10.8. The molecule has 0 spiro atoms. The van der Waals surface area contributed by atoms with Crippen molar-refractivity contribution < 1.29 is 23.7 Å². The molecule has 0 aromatic carbocycles. The number of hydrogen-bond acceptors (Lipinski definition) is 8. The molecular weight excluding hydrogens is 290 g/mol. The second-order valence-corrected chi connectivity index (χ2v) is 4.55. The standard InChI is InChI=1S/C10H9N3O6S/c14-6-20-5-8-4-12(10(15)19-8)11-3-7-1-2-9(18-7)13(16)17/h1-3,6,8H,4-5H2. The van der Waals surface area contributed by atoms with E-state index in [1.54, 1.807) is 0 Å². The molecule has 1 aliphatic rings. The molecule has 1 aliphatic heterocycles. The Morgan fingerprint density at radius 3 is 3.05 bits per heavy atom. The Morgan fingerprint density at radius 2 is 2.40 bits per heavy atom. The highest BCUT2D eigenvalue weighted by atomic mass is 32.2. The van der Waals surface area contributed by atoms with Crippen LogP contribution in [0.25, 0.3) is 0 Å². The fourth-order valence-corrected chi connectivity index (χ4v) is 1.94. The molecule has 1 aromatic rings. The lowest BCUT2D eigenvalue weighted by Crippen LogP contribution is -2.20. The van der Waals surface area contributed by atoms with Crippen molar-refractivity contribution in [3.63, 3.8) is 0 Å². The van der Waals surface area contributed by atoms with Gasteiger partial charge in [0.15, 0.2) is 11.4 Å². The van der Waals surface area contributed by atoms with Crippen molar-refractivity contribution in [1.29, 1.82) is 0 Å². The Balaban J connectivity index is 1.95. The molecule has 2 heterocycles. The van der Waals surface area contributed by atoms with Crippen molar-refractivity contribution >= 4 is 35.6 Å². The molecule has 0 bridgehead atoms. The first-order chi connectivity index (χ1) is 9.60. The molecule has 0 radical (unpaired) electrons. The summed E-state index contributed by atoms with van der Waals surface area (Å²) in [6.07, 6.45) is 0.128. The highest BCUT2D eigenvalue weighted by Crippen LogP contribution is 2.17. The number of rotatable bonds is 6. The quantitative estimate of drug-likeness (QED) is 0.336. The van der Waals surface area contributed by atoms with Crippen molar-refractivity contribution in [2.45, 2.75) is 6.10 Å². The van der Waals surface area contributed by atoms with Gasteiger partial charge in [0.1, 0.15) is 11.0 Å². The Hall–Kier alpha value is -2.36. The number of amides is 1. The summed E-state index contributed by atoms with van der Waals surface area (Å²) in [5.41, 5.74) is 0.668. The predicted molar refractivity (Wildman–Crippen MR) is 69.1 cm³/mol. The minimum absolute atomic E-state index is 0.148. The second-order valence-electron chi connectivity index (χ2n) is 3.70. The van der Waals surface area contributed by atoms with Gasteiger partial charge in [-0.05, 0) is 6.07 Å². The van der Waals surface area contributed by atoms with Crippen LogP contribution in [-0.2, 0) is 9.53 Å². The predicted octanol–water partition coefficient (Wildman–Crippen LogP) is 1.27. The number of thioether (sulfide) groups is 1. The van der Waals surface area contributed by atoms with Crippen LogP contribution in [0.2, 0.25) is 0 Å². The molecule has 1 saturated heterocycles. The topological polar surface area (TPSA) is 115 Å². The fraction of sp³-hybridized carbons (Fsp3) is 0.300. The van der Waals surface area contributed by atoms with E-state index in [1.807, 2.05) is 0 Å². The Kier molecular flexibility index (Phi) is 4.35. The van der Waals surface area contributed by atoms with Gasteiger partial charge in [-0.25, -0.2) is 4.79 Å². The molecule has 1 amide bonds. The number of furan rings is 1. The van der Waals surface area contributed by atoms with Gasteiger partial charge >= 0.3 is 12.0 Å². The van der Waals surface area contributed by atoms with Crippen molar-refractivity contribution in [3.8, 4) is 0 Å². The third kappa shape index (κ3) is 3.35. The molecule has 2 rings (SSSR count). The zero-order chi connectivity index (χ0) is 14.5. The lowest BCUT2D eigenvalue weighted by atomic mass is 10.4. The maximum atomic E-state index is 11.4. The van der Waals surface area contributed by atoms with Crippen LogP contribution >= 0.6 is 11.8 Å². The van der Waals surface area contributed by atoms with Crippen LogP contribution in [0, 0.1) is 10.1 Å². The molecule has 10 heteroatoms. The lowest BCUT2D eigenvalue weighted by Gasteiger charge is -2.03. The second kappa shape index (κ2) is 6.19. The van der Waals surface area contributed by atoms with Gasteiger partial charge in [-0.2, -0.15) is 10.1 Å². The third-order valence-electron chi connectivity index (χ3n) is 2.32. The van der Waals surface area contributed by atoms with Crippen molar-refractivity contribution in [2.75, 3.05) is 12.3 Å². The molecule has 0 saturated carbocycles. The molecule has 1 aromatic heterocycles. The van der Waals surface area contributed by atoms with Crippen LogP contribution in [0.4, 0.5) is 10.7 Å². The molecule has 1 unspecified atom stereocenters. The highest BCUT2D eigenvalue weighted by Gasteiger charge is 2.31. The Bertz CT molecular complexity index is 557. The summed E-state index contributed by atoms with van der Waals surface area (Å²) in [6.45, 7) is 0.207. The van der Waals surface area contributed by atoms with Crippen LogP contribution < -0.4 is 0 Å². The lowest BCUT2D eigenvalue weighted by molar-refractivity contribution is -0.402. The maximum absolute atomic E-state index is 11.4. The van der Waals surface area contributed by atoms with Gasteiger partial charge < -0.3 is 9.15 Å². The van der Waals surface area contributed by atoms with Gasteiger partial charge in [-0.3, -0.25) is 14.9 Å². The summed E-state index contributed by atoms with van der Waals surface area (Å²) in [5.74, 6) is 0.0962. The van der Waals surface area contributed by atoms with E-state index < -0.39 is 23.0 Å².